The minimum absolute atomic E-state index is 0.192. The highest BCUT2D eigenvalue weighted by Crippen LogP contribution is 2.40. The first-order valence-corrected chi connectivity index (χ1v) is 10.1. The molecular formula is C22H20N2O4S. The van der Waals surface area contributed by atoms with Gasteiger partial charge in [0.25, 0.3) is 0 Å². The Morgan fingerprint density at radius 1 is 1.07 bits per heavy atom. The number of carbonyl (C=O) groups excluding carboxylic acids is 1. The number of carboxylic acids is 1. The Bertz CT molecular complexity index is 1030. The van der Waals surface area contributed by atoms with E-state index in [0.29, 0.717) is 12.8 Å². The Balaban J connectivity index is 1.47. The number of benzene rings is 2. The van der Waals surface area contributed by atoms with E-state index in [4.69, 9.17) is 0 Å². The number of aromatic nitrogens is 1. The smallest absolute Gasteiger partial charge is 0.304 e. The van der Waals surface area contributed by atoms with E-state index in [2.05, 4.69) is 10.3 Å². The molecular weight excluding hydrogens is 388 g/mol. The third-order valence-corrected chi connectivity index (χ3v) is 6.11. The lowest BCUT2D eigenvalue weighted by atomic mass is 9.80. The summed E-state index contributed by atoms with van der Waals surface area (Å²) in [5.41, 5.74) is 2.76. The van der Waals surface area contributed by atoms with Gasteiger partial charge in [-0.2, -0.15) is 0 Å². The number of aromatic hydroxyl groups is 1. The number of amides is 1. The summed E-state index contributed by atoms with van der Waals surface area (Å²) in [5.74, 6) is -1.04. The summed E-state index contributed by atoms with van der Waals surface area (Å²) >= 11 is 1.43. The van der Waals surface area contributed by atoms with Crippen LogP contribution in [0.2, 0.25) is 0 Å². The predicted molar refractivity (Wildman–Crippen MR) is 110 cm³/mol. The van der Waals surface area contributed by atoms with Gasteiger partial charge in [-0.15, -0.1) is 11.3 Å². The van der Waals surface area contributed by atoms with Crippen molar-refractivity contribution in [3.8, 4) is 17.0 Å². The zero-order valence-electron chi connectivity index (χ0n) is 15.6. The standard InChI is InChI=1S/C22H20N2O4S/c25-17-7-5-14(6-8-17)18-13-29-19(24-18)12-23-21(28)22(11-20(26)27)9-15-3-1-2-4-16(15)10-22/h1-8,13,25H,9-12H2,(H,23,28)(H,26,27). The van der Waals surface area contributed by atoms with E-state index in [-0.39, 0.29) is 24.6 Å². The van der Waals surface area contributed by atoms with Crippen molar-refractivity contribution in [3.05, 3.63) is 70.0 Å². The van der Waals surface area contributed by atoms with Crippen molar-refractivity contribution in [3.63, 3.8) is 0 Å². The summed E-state index contributed by atoms with van der Waals surface area (Å²) in [6, 6.07) is 14.5. The van der Waals surface area contributed by atoms with Crippen LogP contribution in [0.4, 0.5) is 0 Å². The lowest BCUT2D eigenvalue weighted by Gasteiger charge is -2.25. The third kappa shape index (κ3) is 4.00. The summed E-state index contributed by atoms with van der Waals surface area (Å²) in [5, 5.41) is 24.3. The maximum atomic E-state index is 13.0. The van der Waals surface area contributed by atoms with Gasteiger partial charge in [0.1, 0.15) is 10.8 Å². The molecule has 2 aromatic carbocycles. The van der Waals surface area contributed by atoms with Crippen molar-refractivity contribution in [2.24, 2.45) is 5.41 Å². The number of fused-ring (bicyclic) bond motifs is 1. The number of phenols is 1. The van der Waals surface area contributed by atoms with Crippen LogP contribution in [0.15, 0.2) is 53.9 Å². The van der Waals surface area contributed by atoms with Gasteiger partial charge in [-0.3, -0.25) is 9.59 Å². The van der Waals surface area contributed by atoms with Crippen molar-refractivity contribution < 1.29 is 19.8 Å². The van der Waals surface area contributed by atoms with Gasteiger partial charge in [0.15, 0.2) is 0 Å². The van der Waals surface area contributed by atoms with Crippen molar-refractivity contribution in [1.82, 2.24) is 10.3 Å². The van der Waals surface area contributed by atoms with Crippen molar-refractivity contribution in [1.29, 1.82) is 0 Å². The molecule has 1 aliphatic rings. The van der Waals surface area contributed by atoms with Gasteiger partial charge >= 0.3 is 5.97 Å². The minimum atomic E-state index is -0.975. The van der Waals surface area contributed by atoms with Gasteiger partial charge in [0, 0.05) is 10.9 Å². The first-order chi connectivity index (χ1) is 13.9. The fraction of sp³-hybridized carbons (Fsp3) is 0.227. The second-order valence-corrected chi connectivity index (χ2v) is 8.27. The van der Waals surface area contributed by atoms with E-state index in [1.807, 2.05) is 29.6 Å². The molecule has 7 heteroatoms. The van der Waals surface area contributed by atoms with Crippen LogP contribution in [0.1, 0.15) is 22.6 Å². The number of carbonyl (C=O) groups is 2. The molecule has 0 atom stereocenters. The predicted octanol–water partition coefficient (Wildman–Crippen LogP) is 3.39. The quantitative estimate of drug-likeness (QED) is 0.581. The summed E-state index contributed by atoms with van der Waals surface area (Å²) in [6.07, 6.45) is 0.653. The largest absolute Gasteiger partial charge is 0.508 e. The molecule has 1 amide bonds. The maximum absolute atomic E-state index is 13.0. The first kappa shape index (κ1) is 19.1. The van der Waals surface area contributed by atoms with Crippen molar-refractivity contribution in [2.75, 3.05) is 0 Å². The zero-order chi connectivity index (χ0) is 20.4. The first-order valence-electron chi connectivity index (χ1n) is 9.26. The molecule has 0 unspecified atom stereocenters. The molecule has 148 valence electrons. The van der Waals surface area contributed by atoms with E-state index >= 15 is 0 Å². The summed E-state index contributed by atoms with van der Waals surface area (Å²) in [6.45, 7) is 0.249. The number of nitrogens with zero attached hydrogens (tertiary/aromatic N) is 1. The molecule has 0 saturated carbocycles. The average molecular weight is 408 g/mol. The van der Waals surface area contributed by atoms with E-state index in [0.717, 1.165) is 27.4 Å². The number of thiazole rings is 1. The van der Waals surface area contributed by atoms with Crippen LogP contribution in [0.25, 0.3) is 11.3 Å². The Morgan fingerprint density at radius 3 is 2.34 bits per heavy atom. The normalized spacial score (nSPS) is 14.3. The van der Waals surface area contributed by atoms with Gasteiger partial charge in [-0.1, -0.05) is 24.3 Å². The zero-order valence-corrected chi connectivity index (χ0v) is 16.4. The molecule has 4 rings (SSSR count). The Labute approximate surface area is 171 Å². The van der Waals surface area contributed by atoms with Crippen LogP contribution in [-0.4, -0.2) is 27.1 Å². The number of aliphatic carboxylic acids is 1. The lowest BCUT2D eigenvalue weighted by molar-refractivity contribution is -0.145. The van der Waals surface area contributed by atoms with Crippen LogP contribution in [0, 0.1) is 5.41 Å². The van der Waals surface area contributed by atoms with Crippen molar-refractivity contribution in [2.45, 2.75) is 25.8 Å². The molecule has 0 spiro atoms. The number of hydrogen-bond acceptors (Lipinski definition) is 5. The number of carboxylic acid groups (broad SMARTS) is 1. The molecule has 0 fully saturated rings. The molecule has 6 nitrogen and oxygen atoms in total. The fourth-order valence-corrected chi connectivity index (χ4v) is 4.59. The molecule has 0 bridgehead atoms. The molecule has 1 aromatic heterocycles. The Hall–Kier alpha value is -3.19. The van der Waals surface area contributed by atoms with Gasteiger partial charge < -0.3 is 15.5 Å². The highest BCUT2D eigenvalue weighted by Gasteiger charge is 2.45. The van der Waals surface area contributed by atoms with Gasteiger partial charge in [0.05, 0.1) is 24.1 Å². The maximum Gasteiger partial charge on any atom is 0.304 e. The Morgan fingerprint density at radius 2 is 1.72 bits per heavy atom. The monoisotopic (exact) mass is 408 g/mol. The van der Waals surface area contributed by atoms with Gasteiger partial charge in [0.2, 0.25) is 5.91 Å². The average Bonchev–Trinajstić information content (AvgIpc) is 3.31. The second-order valence-electron chi connectivity index (χ2n) is 7.33. The summed E-state index contributed by atoms with van der Waals surface area (Å²) in [7, 11) is 0. The number of phenolic OH excluding ortho intramolecular Hbond substituents is 1. The lowest BCUT2D eigenvalue weighted by Crippen LogP contribution is -2.43. The van der Waals surface area contributed by atoms with E-state index in [9.17, 15) is 19.8 Å². The molecule has 0 aliphatic heterocycles. The molecule has 1 aliphatic carbocycles. The SMILES string of the molecule is O=C(O)CC1(C(=O)NCc2nc(-c3ccc(O)cc3)cs2)Cc2ccccc2C1. The number of hydrogen-bond donors (Lipinski definition) is 3. The van der Waals surface area contributed by atoms with Gasteiger partial charge in [-0.25, -0.2) is 4.98 Å². The number of rotatable bonds is 6. The highest BCUT2D eigenvalue weighted by molar-refractivity contribution is 7.09. The van der Waals surface area contributed by atoms with Crippen LogP contribution in [0.5, 0.6) is 5.75 Å². The van der Waals surface area contributed by atoms with Crippen molar-refractivity contribution >= 4 is 23.2 Å². The second kappa shape index (κ2) is 7.67. The minimum Gasteiger partial charge on any atom is -0.508 e. The van der Waals surface area contributed by atoms with E-state index < -0.39 is 11.4 Å². The highest BCUT2D eigenvalue weighted by atomic mass is 32.1. The molecule has 0 radical (unpaired) electrons. The van der Waals surface area contributed by atoms with Gasteiger partial charge in [-0.05, 0) is 48.2 Å². The number of nitrogens with one attached hydrogen (secondary N) is 1. The Kier molecular flexibility index (Phi) is 5.07. The van der Waals surface area contributed by atoms with E-state index in [1.165, 1.54) is 11.3 Å². The third-order valence-electron chi connectivity index (χ3n) is 5.26. The molecule has 0 saturated heterocycles. The van der Waals surface area contributed by atoms with Crippen LogP contribution in [0.3, 0.4) is 0 Å². The summed E-state index contributed by atoms with van der Waals surface area (Å²) < 4.78 is 0. The fourth-order valence-electron chi connectivity index (χ4n) is 3.85. The summed E-state index contributed by atoms with van der Waals surface area (Å²) in [4.78, 5) is 29.0. The topological polar surface area (TPSA) is 99.5 Å². The molecule has 29 heavy (non-hydrogen) atoms. The van der Waals surface area contributed by atoms with Crippen LogP contribution < -0.4 is 5.32 Å². The molecule has 3 aromatic rings. The molecule has 1 heterocycles. The van der Waals surface area contributed by atoms with E-state index in [1.54, 1.807) is 24.3 Å². The van der Waals surface area contributed by atoms with Crippen LogP contribution >= 0.6 is 11.3 Å². The molecule has 3 N–H and O–H groups in total. The van der Waals surface area contributed by atoms with Crippen LogP contribution in [-0.2, 0) is 29.0 Å².